The molecule has 1 aliphatic heterocycles. The minimum Gasteiger partial charge on any atom is -0.449 e. The van der Waals surface area contributed by atoms with Crippen LogP contribution in [0.15, 0.2) is 42.7 Å². The van der Waals surface area contributed by atoms with Crippen LogP contribution in [0.25, 0.3) is 0 Å². The molecule has 1 fully saturated rings. The molecule has 2 atom stereocenters. The number of benzene rings is 1. The Morgan fingerprint density at radius 2 is 1.78 bits per heavy atom. The molecule has 0 radical (unpaired) electrons. The van der Waals surface area contributed by atoms with Gasteiger partial charge in [0.15, 0.2) is 0 Å². The van der Waals surface area contributed by atoms with Crippen LogP contribution < -0.4 is 9.64 Å². The maximum atomic E-state index is 14.2. The quantitative estimate of drug-likeness (QED) is 0.315. The molecular formula is C29H40N3O4+. The van der Waals surface area contributed by atoms with E-state index in [2.05, 4.69) is 51.6 Å². The van der Waals surface area contributed by atoms with Gasteiger partial charge in [0.25, 0.3) is 0 Å². The fraction of sp³-hybridized carbons (Fsp3) is 0.552. The zero-order valence-electron chi connectivity index (χ0n) is 22.5. The first-order chi connectivity index (χ1) is 16.8. The summed E-state index contributed by atoms with van der Waals surface area (Å²) in [5, 5.41) is 9.19. The number of hydrogen-bond acceptors (Lipinski definition) is 5. The summed E-state index contributed by atoms with van der Waals surface area (Å²) < 4.78 is 5.37. The number of carbonyl (C=O) groups is 2. The lowest BCUT2D eigenvalue weighted by atomic mass is 9.85. The van der Waals surface area contributed by atoms with Gasteiger partial charge in [-0.05, 0) is 40.7 Å². The lowest BCUT2D eigenvalue weighted by Gasteiger charge is -2.48. The van der Waals surface area contributed by atoms with E-state index in [9.17, 15) is 14.7 Å². The van der Waals surface area contributed by atoms with E-state index in [0.717, 1.165) is 37.9 Å². The van der Waals surface area contributed by atoms with Crippen LogP contribution in [0.1, 0.15) is 77.5 Å². The highest BCUT2D eigenvalue weighted by molar-refractivity contribution is 5.71. The van der Waals surface area contributed by atoms with Gasteiger partial charge in [-0.25, -0.2) is 9.59 Å². The molecule has 1 aliphatic carbocycles. The van der Waals surface area contributed by atoms with E-state index in [1.54, 1.807) is 6.07 Å². The summed E-state index contributed by atoms with van der Waals surface area (Å²) in [6.07, 6.45) is 5.46. The number of anilines is 1. The molecule has 1 amide bonds. The molecule has 36 heavy (non-hydrogen) atoms. The molecule has 4 rings (SSSR count). The van der Waals surface area contributed by atoms with E-state index in [4.69, 9.17) is 4.74 Å². The van der Waals surface area contributed by atoms with E-state index < -0.39 is 6.16 Å². The number of carboxylic acid groups (broad SMARTS) is 1. The van der Waals surface area contributed by atoms with Crippen molar-refractivity contribution in [3.63, 3.8) is 0 Å². The van der Waals surface area contributed by atoms with Gasteiger partial charge in [-0.2, -0.15) is 0 Å². The van der Waals surface area contributed by atoms with E-state index in [1.165, 1.54) is 11.3 Å². The number of fused-ring (bicyclic) bond motifs is 1. The molecule has 1 aromatic heterocycles. The number of pyridine rings is 1. The number of ether oxygens (including phenoxy) is 1. The van der Waals surface area contributed by atoms with Crippen LogP contribution in [0.2, 0.25) is 0 Å². The van der Waals surface area contributed by atoms with Crippen molar-refractivity contribution >= 4 is 17.7 Å². The topological polar surface area (TPSA) is 79.7 Å². The van der Waals surface area contributed by atoms with Crippen LogP contribution in [0.3, 0.4) is 0 Å². The first-order valence-electron chi connectivity index (χ1n) is 12.9. The molecule has 0 saturated carbocycles. The second-order valence-electron chi connectivity index (χ2n) is 12.4. The van der Waals surface area contributed by atoms with Crippen molar-refractivity contribution in [3.05, 3.63) is 53.9 Å². The average Bonchev–Trinajstić information content (AvgIpc) is 3.08. The van der Waals surface area contributed by atoms with Crippen LogP contribution in [0.4, 0.5) is 10.5 Å². The summed E-state index contributed by atoms with van der Waals surface area (Å²) in [5.74, 6) is 0.564. The fourth-order valence-corrected chi connectivity index (χ4v) is 6.25. The third-order valence-electron chi connectivity index (χ3n) is 8.14. The molecule has 2 heterocycles. The molecule has 2 aromatic rings. The molecule has 7 heteroatoms. The monoisotopic (exact) mass is 494 g/mol. The van der Waals surface area contributed by atoms with Gasteiger partial charge >= 0.3 is 12.1 Å². The molecule has 1 saturated heterocycles. The molecule has 194 valence electrons. The predicted molar refractivity (Wildman–Crippen MR) is 140 cm³/mol. The van der Waals surface area contributed by atoms with E-state index in [1.807, 2.05) is 36.7 Å². The highest BCUT2D eigenvalue weighted by Gasteiger charge is 2.54. The first kappa shape index (κ1) is 26.1. The smallest absolute Gasteiger partial charge is 0.449 e. The van der Waals surface area contributed by atoms with Crippen molar-refractivity contribution in [2.45, 2.75) is 77.8 Å². The molecule has 2 unspecified atom stereocenters. The SMILES string of the molecule is CC(C)(C)CC(=O)[N+](C)(C1CCN(c2ccncc2)CC1)C1CC(C)(C)c2ccc(OC(=O)O)cc21. The second-order valence-corrected chi connectivity index (χ2v) is 12.4. The molecule has 7 nitrogen and oxygen atoms in total. The summed E-state index contributed by atoms with van der Waals surface area (Å²) in [5.41, 5.74) is 3.13. The Balaban J connectivity index is 1.71. The minimum atomic E-state index is -1.33. The van der Waals surface area contributed by atoms with Crippen LogP contribution in [0.5, 0.6) is 5.75 Å². The number of carbonyl (C=O) groups excluding carboxylic acids is 1. The molecule has 0 bridgehead atoms. The zero-order valence-corrected chi connectivity index (χ0v) is 22.5. The normalized spacial score (nSPS) is 21.5. The van der Waals surface area contributed by atoms with Crippen molar-refractivity contribution < 1.29 is 23.9 Å². The van der Waals surface area contributed by atoms with Crippen LogP contribution >= 0.6 is 0 Å². The second kappa shape index (κ2) is 9.51. The van der Waals surface area contributed by atoms with Crippen molar-refractivity contribution in [1.29, 1.82) is 0 Å². The van der Waals surface area contributed by atoms with Gasteiger partial charge in [0.05, 0.1) is 19.5 Å². The Morgan fingerprint density at radius 3 is 2.36 bits per heavy atom. The molecule has 2 aliphatic rings. The minimum absolute atomic E-state index is 0.0559. The highest BCUT2D eigenvalue weighted by atomic mass is 16.7. The van der Waals surface area contributed by atoms with E-state index >= 15 is 0 Å². The van der Waals surface area contributed by atoms with Crippen LogP contribution in [0, 0.1) is 5.41 Å². The maximum absolute atomic E-state index is 14.2. The number of quaternary nitrogens is 1. The Bertz CT molecular complexity index is 1120. The molecule has 1 aromatic carbocycles. The summed E-state index contributed by atoms with van der Waals surface area (Å²) >= 11 is 0. The summed E-state index contributed by atoms with van der Waals surface area (Å²) in [7, 11) is 2.13. The molecule has 0 spiro atoms. The summed E-state index contributed by atoms with van der Waals surface area (Å²) in [6, 6.07) is 9.77. The molecular weight excluding hydrogens is 454 g/mol. The standard InChI is InChI=1S/C29H39N3O4/c1-28(2,3)19-26(33)32(6,21-11-15-31(16-12-21)20-9-13-30-14-10-20)25-18-29(4,5)24-8-7-22(17-23(24)25)36-27(34)35/h7-10,13-14,17,21,25H,11-12,15-16,18-19H2,1-6H3/p+1. The summed E-state index contributed by atoms with van der Waals surface area (Å²) in [4.78, 5) is 32.0. The van der Waals surface area contributed by atoms with Crippen LogP contribution in [-0.2, 0) is 10.2 Å². The summed E-state index contributed by atoms with van der Waals surface area (Å²) in [6.45, 7) is 12.6. The van der Waals surface area contributed by atoms with Crippen molar-refractivity contribution in [2.75, 3.05) is 25.0 Å². The van der Waals surface area contributed by atoms with Crippen LogP contribution in [-0.4, -0.2) is 52.8 Å². The fourth-order valence-electron chi connectivity index (χ4n) is 6.25. The third-order valence-corrected chi connectivity index (χ3v) is 8.14. The molecule has 1 N–H and O–H groups in total. The predicted octanol–water partition coefficient (Wildman–Crippen LogP) is 5.94. The van der Waals surface area contributed by atoms with E-state index in [0.29, 0.717) is 16.7 Å². The van der Waals surface area contributed by atoms with Crippen molar-refractivity contribution in [2.24, 2.45) is 5.41 Å². The van der Waals surface area contributed by atoms with Gasteiger partial charge in [0.2, 0.25) is 0 Å². The number of amides is 1. The number of piperidine rings is 1. The Kier molecular flexibility index (Phi) is 6.90. The Labute approximate surface area is 214 Å². The maximum Gasteiger partial charge on any atom is 0.511 e. The Hall–Kier alpha value is -2.93. The number of nitrogens with zero attached hydrogens (tertiary/aromatic N) is 3. The van der Waals surface area contributed by atoms with Gasteiger partial charge in [-0.1, -0.05) is 40.7 Å². The number of aromatic nitrogens is 1. The van der Waals surface area contributed by atoms with Gasteiger partial charge < -0.3 is 14.7 Å². The zero-order chi connectivity index (χ0) is 26.3. The largest absolute Gasteiger partial charge is 0.511 e. The number of rotatable bonds is 5. The van der Waals surface area contributed by atoms with Crippen molar-refractivity contribution in [1.82, 2.24) is 4.98 Å². The first-order valence-corrected chi connectivity index (χ1v) is 12.9. The highest BCUT2D eigenvalue weighted by Crippen LogP contribution is 2.52. The Morgan fingerprint density at radius 1 is 1.14 bits per heavy atom. The average molecular weight is 495 g/mol. The van der Waals surface area contributed by atoms with Crippen molar-refractivity contribution in [3.8, 4) is 5.75 Å². The van der Waals surface area contributed by atoms with Gasteiger partial charge in [0.1, 0.15) is 11.8 Å². The lowest BCUT2D eigenvalue weighted by Crippen LogP contribution is -2.61. The lowest BCUT2D eigenvalue weighted by molar-refractivity contribution is -0.893. The van der Waals surface area contributed by atoms with E-state index in [-0.39, 0.29) is 28.8 Å². The van der Waals surface area contributed by atoms with Gasteiger partial charge in [-0.3, -0.25) is 9.47 Å². The number of hydrogen-bond donors (Lipinski definition) is 1. The third kappa shape index (κ3) is 5.12. The van der Waals surface area contributed by atoms with Gasteiger partial charge in [0, 0.05) is 56.0 Å². The van der Waals surface area contributed by atoms with Gasteiger partial charge in [-0.15, -0.1) is 0 Å².